The highest BCUT2D eigenvalue weighted by molar-refractivity contribution is 5.53. The highest BCUT2D eigenvalue weighted by atomic mass is 16.5. The van der Waals surface area contributed by atoms with Gasteiger partial charge in [0.2, 0.25) is 5.95 Å². The van der Waals surface area contributed by atoms with Gasteiger partial charge in [-0.2, -0.15) is 0 Å². The van der Waals surface area contributed by atoms with Gasteiger partial charge in [0.05, 0.1) is 30.9 Å². The van der Waals surface area contributed by atoms with Crippen molar-refractivity contribution in [2.45, 2.75) is 38.1 Å². The van der Waals surface area contributed by atoms with Crippen molar-refractivity contribution in [3.63, 3.8) is 0 Å². The lowest BCUT2D eigenvalue weighted by Crippen LogP contribution is -2.47. The maximum atomic E-state index is 5.71. The first-order chi connectivity index (χ1) is 17.6. The quantitative estimate of drug-likeness (QED) is 0.611. The second kappa shape index (κ2) is 8.56. The van der Waals surface area contributed by atoms with E-state index in [0.717, 1.165) is 64.9 Å². The summed E-state index contributed by atoms with van der Waals surface area (Å²) in [6.45, 7) is 9.91. The molecule has 2 aromatic carbocycles. The molecule has 1 N–H and O–H groups in total. The van der Waals surface area contributed by atoms with E-state index in [1.54, 1.807) is 0 Å². The summed E-state index contributed by atoms with van der Waals surface area (Å²) >= 11 is 0. The number of aromatic nitrogens is 2. The summed E-state index contributed by atoms with van der Waals surface area (Å²) < 4.78 is 5.71. The van der Waals surface area contributed by atoms with E-state index in [9.17, 15) is 0 Å². The average Bonchev–Trinajstić information content (AvgIpc) is 3.54. The van der Waals surface area contributed by atoms with E-state index in [2.05, 4.69) is 76.8 Å². The van der Waals surface area contributed by atoms with E-state index < -0.39 is 0 Å². The van der Waals surface area contributed by atoms with Gasteiger partial charge in [0.1, 0.15) is 0 Å². The van der Waals surface area contributed by atoms with E-state index in [0.29, 0.717) is 5.41 Å². The fourth-order valence-electron chi connectivity index (χ4n) is 6.59. The first-order valence-corrected chi connectivity index (χ1v) is 13.4. The van der Waals surface area contributed by atoms with Gasteiger partial charge in [0.25, 0.3) is 0 Å². The Kier molecular flexibility index (Phi) is 5.29. The zero-order chi connectivity index (χ0) is 24.2. The van der Waals surface area contributed by atoms with Gasteiger partial charge in [-0.25, -0.2) is 9.97 Å². The molecule has 1 spiro atoms. The highest BCUT2D eigenvalue weighted by Gasteiger charge is 2.42. The highest BCUT2D eigenvalue weighted by Crippen LogP contribution is 2.40. The number of ether oxygens (including phenoxy) is 1. The maximum Gasteiger partial charge on any atom is 0.225 e. The number of rotatable bonds is 4. The van der Waals surface area contributed by atoms with Crippen LogP contribution in [0.3, 0.4) is 0 Å². The van der Waals surface area contributed by atoms with E-state index >= 15 is 0 Å². The van der Waals surface area contributed by atoms with E-state index in [1.165, 1.54) is 46.5 Å². The molecule has 1 atom stereocenters. The van der Waals surface area contributed by atoms with Crippen molar-refractivity contribution in [2.75, 3.05) is 55.7 Å². The summed E-state index contributed by atoms with van der Waals surface area (Å²) in [4.78, 5) is 14.7. The van der Waals surface area contributed by atoms with Crippen LogP contribution in [0.4, 0.5) is 11.6 Å². The third-order valence-electron chi connectivity index (χ3n) is 9.07. The molecule has 7 rings (SSSR count). The molecule has 5 heterocycles. The van der Waals surface area contributed by atoms with Crippen molar-refractivity contribution in [2.24, 2.45) is 5.41 Å². The second-order valence-electron chi connectivity index (χ2n) is 11.4. The minimum atomic E-state index is -0.0230. The molecule has 6 nitrogen and oxygen atoms in total. The van der Waals surface area contributed by atoms with E-state index in [1.807, 2.05) is 0 Å². The van der Waals surface area contributed by atoms with Gasteiger partial charge in [0, 0.05) is 43.5 Å². The molecule has 3 aromatic rings. The summed E-state index contributed by atoms with van der Waals surface area (Å²) in [5.74, 6) is 0.916. The maximum absolute atomic E-state index is 5.71. The molecule has 0 bridgehead atoms. The smallest absolute Gasteiger partial charge is 0.225 e. The van der Waals surface area contributed by atoms with Crippen LogP contribution in [0.25, 0.3) is 0 Å². The SMILES string of the molecule is Cc1ccc(C2(c3ccc(N4CCc5cnc(N6CCC7(CCNC7)C6)nc5C4)cc3)COC2)cc1. The molecule has 1 aromatic heterocycles. The molecule has 6 heteroatoms. The Bertz CT molecular complexity index is 1250. The van der Waals surface area contributed by atoms with Crippen LogP contribution in [-0.2, 0) is 23.1 Å². The lowest BCUT2D eigenvalue weighted by atomic mass is 9.73. The third kappa shape index (κ3) is 3.70. The third-order valence-corrected chi connectivity index (χ3v) is 9.07. The molecular weight excluding hydrogens is 446 g/mol. The molecule has 4 aliphatic heterocycles. The van der Waals surface area contributed by atoms with Gasteiger partial charge in [-0.1, -0.05) is 42.0 Å². The molecule has 0 aliphatic carbocycles. The molecular formula is C30H35N5O. The Balaban J connectivity index is 1.09. The Hall–Kier alpha value is -2.96. The van der Waals surface area contributed by atoms with Crippen molar-refractivity contribution in [1.82, 2.24) is 15.3 Å². The van der Waals surface area contributed by atoms with Crippen molar-refractivity contribution in [3.8, 4) is 0 Å². The molecule has 3 saturated heterocycles. The fraction of sp³-hybridized carbons (Fsp3) is 0.467. The Morgan fingerprint density at radius 2 is 1.69 bits per heavy atom. The molecule has 0 saturated carbocycles. The standard InChI is InChI=1S/C30H35N5O/c1-22-2-4-24(5-3-22)30(20-36-21-30)25-6-8-26(9-7-25)34-14-10-23-16-32-28(33-27(23)17-34)35-15-12-29(19-35)11-13-31-18-29/h2-9,16,31H,10-15,17-21H2,1H3. The van der Waals surface area contributed by atoms with Crippen LogP contribution in [0.1, 0.15) is 40.8 Å². The lowest BCUT2D eigenvalue weighted by molar-refractivity contribution is -0.0379. The number of hydrogen-bond acceptors (Lipinski definition) is 6. The van der Waals surface area contributed by atoms with E-state index in [-0.39, 0.29) is 5.41 Å². The lowest BCUT2D eigenvalue weighted by Gasteiger charge is -2.43. The van der Waals surface area contributed by atoms with Crippen molar-refractivity contribution < 1.29 is 4.74 Å². The average molecular weight is 482 g/mol. The zero-order valence-electron chi connectivity index (χ0n) is 21.2. The van der Waals surface area contributed by atoms with Crippen LogP contribution in [0.15, 0.2) is 54.7 Å². The zero-order valence-corrected chi connectivity index (χ0v) is 21.2. The topological polar surface area (TPSA) is 53.5 Å². The predicted octanol–water partition coefficient (Wildman–Crippen LogP) is 3.85. The second-order valence-corrected chi connectivity index (χ2v) is 11.4. The number of hydrogen-bond donors (Lipinski definition) is 1. The molecule has 186 valence electrons. The monoisotopic (exact) mass is 481 g/mol. The van der Waals surface area contributed by atoms with Crippen LogP contribution >= 0.6 is 0 Å². The fourth-order valence-corrected chi connectivity index (χ4v) is 6.59. The number of nitrogens with one attached hydrogen (secondary N) is 1. The van der Waals surface area contributed by atoms with E-state index in [4.69, 9.17) is 14.7 Å². The predicted molar refractivity (Wildman–Crippen MR) is 143 cm³/mol. The van der Waals surface area contributed by atoms with Crippen LogP contribution in [0, 0.1) is 12.3 Å². The van der Waals surface area contributed by atoms with Gasteiger partial charge in [0.15, 0.2) is 0 Å². The largest absolute Gasteiger partial charge is 0.379 e. The van der Waals surface area contributed by atoms with Gasteiger partial charge in [-0.15, -0.1) is 0 Å². The first kappa shape index (κ1) is 22.3. The number of aryl methyl sites for hydroxylation is 1. The van der Waals surface area contributed by atoms with Crippen molar-refractivity contribution in [1.29, 1.82) is 0 Å². The Labute approximate surface area is 213 Å². The Morgan fingerprint density at radius 3 is 2.39 bits per heavy atom. The normalized spacial score (nSPS) is 24.7. The molecule has 0 amide bonds. The van der Waals surface area contributed by atoms with Crippen LogP contribution in [0.2, 0.25) is 0 Å². The number of nitrogens with zero attached hydrogens (tertiary/aromatic N) is 4. The van der Waals surface area contributed by atoms with Crippen molar-refractivity contribution in [3.05, 3.63) is 82.7 Å². The first-order valence-electron chi connectivity index (χ1n) is 13.4. The van der Waals surface area contributed by atoms with Gasteiger partial charge in [-0.05, 0) is 61.6 Å². The minimum absolute atomic E-state index is 0.0230. The molecule has 0 radical (unpaired) electrons. The molecule has 4 aliphatic rings. The molecule has 1 unspecified atom stereocenters. The molecule has 36 heavy (non-hydrogen) atoms. The Morgan fingerprint density at radius 1 is 0.917 bits per heavy atom. The summed E-state index contributed by atoms with van der Waals surface area (Å²) in [6.07, 6.45) is 5.59. The summed E-state index contributed by atoms with van der Waals surface area (Å²) in [6, 6.07) is 18.1. The summed E-state index contributed by atoms with van der Waals surface area (Å²) in [5.41, 5.74) is 8.13. The number of fused-ring (bicyclic) bond motifs is 1. The molecule has 3 fully saturated rings. The minimum Gasteiger partial charge on any atom is -0.379 e. The van der Waals surface area contributed by atoms with Crippen LogP contribution in [0.5, 0.6) is 0 Å². The van der Waals surface area contributed by atoms with Crippen LogP contribution in [-0.4, -0.2) is 55.9 Å². The number of anilines is 2. The van der Waals surface area contributed by atoms with Crippen molar-refractivity contribution >= 4 is 11.6 Å². The van der Waals surface area contributed by atoms with Gasteiger partial charge < -0.3 is 19.9 Å². The summed E-state index contributed by atoms with van der Waals surface area (Å²) in [7, 11) is 0. The van der Waals surface area contributed by atoms with Gasteiger partial charge >= 0.3 is 0 Å². The van der Waals surface area contributed by atoms with Crippen LogP contribution < -0.4 is 15.1 Å². The number of benzene rings is 2. The van der Waals surface area contributed by atoms with Gasteiger partial charge in [-0.3, -0.25) is 0 Å². The summed E-state index contributed by atoms with van der Waals surface area (Å²) in [5, 5.41) is 3.55.